The maximum Gasteiger partial charge on any atom is 0.122 e. The van der Waals surface area contributed by atoms with Gasteiger partial charge in [-0.2, -0.15) is 0 Å². The van der Waals surface area contributed by atoms with Crippen molar-refractivity contribution in [2.75, 3.05) is 20.3 Å². The van der Waals surface area contributed by atoms with Gasteiger partial charge in [-0.05, 0) is 49.3 Å². The highest BCUT2D eigenvalue weighted by Crippen LogP contribution is 2.30. The molecule has 1 aliphatic rings. The highest BCUT2D eigenvalue weighted by Gasteiger charge is 2.19. The standard InChI is InChI=1S/C15H22O3/c1-11-3-4-13(10-15(11)17-2)14(16)9-12-5-7-18-8-6-12/h3-4,10,12,14,16H,5-9H2,1-2H3. The molecule has 100 valence electrons. The first-order valence-corrected chi connectivity index (χ1v) is 6.61. The Kier molecular flexibility index (Phi) is 4.61. The predicted molar refractivity (Wildman–Crippen MR) is 70.9 cm³/mol. The summed E-state index contributed by atoms with van der Waals surface area (Å²) < 4.78 is 10.6. The van der Waals surface area contributed by atoms with Gasteiger partial charge in [-0.25, -0.2) is 0 Å². The van der Waals surface area contributed by atoms with Gasteiger partial charge in [0.1, 0.15) is 5.75 Å². The summed E-state index contributed by atoms with van der Waals surface area (Å²) in [5.41, 5.74) is 2.04. The van der Waals surface area contributed by atoms with Gasteiger partial charge in [0.2, 0.25) is 0 Å². The lowest BCUT2D eigenvalue weighted by molar-refractivity contribution is 0.0435. The van der Waals surface area contributed by atoms with Crippen LogP contribution in [0.2, 0.25) is 0 Å². The van der Waals surface area contributed by atoms with E-state index in [9.17, 15) is 5.11 Å². The van der Waals surface area contributed by atoms with Crippen LogP contribution in [0.3, 0.4) is 0 Å². The molecule has 0 spiro atoms. The lowest BCUT2D eigenvalue weighted by Gasteiger charge is -2.24. The molecule has 1 atom stereocenters. The zero-order valence-electron chi connectivity index (χ0n) is 11.2. The molecule has 1 aliphatic heterocycles. The van der Waals surface area contributed by atoms with Crippen molar-refractivity contribution in [1.82, 2.24) is 0 Å². The van der Waals surface area contributed by atoms with E-state index in [1.54, 1.807) is 7.11 Å². The fourth-order valence-corrected chi connectivity index (χ4v) is 2.48. The zero-order valence-corrected chi connectivity index (χ0v) is 11.2. The second-order valence-electron chi connectivity index (χ2n) is 5.04. The molecule has 1 fully saturated rings. The normalized spacial score (nSPS) is 18.6. The first-order valence-electron chi connectivity index (χ1n) is 6.61. The summed E-state index contributed by atoms with van der Waals surface area (Å²) in [5, 5.41) is 10.3. The van der Waals surface area contributed by atoms with Crippen molar-refractivity contribution in [2.45, 2.75) is 32.3 Å². The number of aryl methyl sites for hydroxylation is 1. The molecular weight excluding hydrogens is 228 g/mol. The van der Waals surface area contributed by atoms with E-state index in [-0.39, 0.29) is 0 Å². The van der Waals surface area contributed by atoms with E-state index < -0.39 is 6.10 Å². The van der Waals surface area contributed by atoms with Crippen molar-refractivity contribution >= 4 is 0 Å². The molecule has 0 amide bonds. The van der Waals surface area contributed by atoms with E-state index in [4.69, 9.17) is 9.47 Å². The molecule has 2 rings (SSSR count). The fraction of sp³-hybridized carbons (Fsp3) is 0.600. The van der Waals surface area contributed by atoms with Gasteiger partial charge in [0, 0.05) is 13.2 Å². The molecule has 3 heteroatoms. The SMILES string of the molecule is COc1cc(C(O)CC2CCOCC2)ccc1C. The molecule has 1 saturated heterocycles. The second-order valence-corrected chi connectivity index (χ2v) is 5.04. The van der Waals surface area contributed by atoms with Crippen LogP contribution in [0, 0.1) is 12.8 Å². The number of rotatable bonds is 4. The maximum atomic E-state index is 10.3. The molecule has 0 aliphatic carbocycles. The molecular formula is C15H22O3. The van der Waals surface area contributed by atoms with Gasteiger partial charge < -0.3 is 14.6 Å². The predicted octanol–water partition coefficient (Wildman–Crippen LogP) is 2.85. The number of methoxy groups -OCH3 is 1. The Labute approximate surface area is 109 Å². The first-order chi connectivity index (χ1) is 8.70. The molecule has 1 aromatic rings. The van der Waals surface area contributed by atoms with Crippen LogP contribution in [0.5, 0.6) is 5.75 Å². The molecule has 0 aromatic heterocycles. The van der Waals surface area contributed by atoms with Crippen molar-refractivity contribution in [3.8, 4) is 5.75 Å². The molecule has 3 nitrogen and oxygen atoms in total. The monoisotopic (exact) mass is 250 g/mol. The van der Waals surface area contributed by atoms with Gasteiger partial charge in [0.05, 0.1) is 13.2 Å². The molecule has 1 unspecified atom stereocenters. The summed E-state index contributed by atoms with van der Waals surface area (Å²) in [4.78, 5) is 0. The minimum absolute atomic E-state index is 0.400. The van der Waals surface area contributed by atoms with Crippen LogP contribution in [0.1, 0.15) is 36.5 Å². The third-order valence-corrected chi connectivity index (χ3v) is 3.71. The van der Waals surface area contributed by atoms with Crippen LogP contribution >= 0.6 is 0 Å². The summed E-state index contributed by atoms with van der Waals surface area (Å²) in [6.45, 7) is 3.66. The zero-order chi connectivity index (χ0) is 13.0. The third-order valence-electron chi connectivity index (χ3n) is 3.71. The first kappa shape index (κ1) is 13.4. The van der Waals surface area contributed by atoms with Crippen molar-refractivity contribution in [1.29, 1.82) is 0 Å². The van der Waals surface area contributed by atoms with E-state index in [1.165, 1.54) is 0 Å². The highest BCUT2D eigenvalue weighted by molar-refractivity contribution is 5.37. The lowest BCUT2D eigenvalue weighted by Crippen LogP contribution is -2.18. The molecule has 1 heterocycles. The number of hydrogen-bond acceptors (Lipinski definition) is 3. The Balaban J connectivity index is 2.01. The second kappa shape index (κ2) is 6.21. The molecule has 1 aromatic carbocycles. The third kappa shape index (κ3) is 3.24. The Bertz CT molecular complexity index is 383. The van der Waals surface area contributed by atoms with Crippen LogP contribution in [-0.2, 0) is 4.74 Å². The van der Waals surface area contributed by atoms with Crippen LogP contribution in [0.4, 0.5) is 0 Å². The van der Waals surface area contributed by atoms with Crippen LogP contribution in [-0.4, -0.2) is 25.4 Å². The van der Waals surface area contributed by atoms with E-state index in [0.717, 1.165) is 49.4 Å². The van der Waals surface area contributed by atoms with Gasteiger partial charge >= 0.3 is 0 Å². The summed E-state index contributed by atoms with van der Waals surface area (Å²) in [6.07, 6.45) is 2.53. The van der Waals surface area contributed by atoms with Crippen molar-refractivity contribution in [3.05, 3.63) is 29.3 Å². The quantitative estimate of drug-likeness (QED) is 0.893. The van der Waals surface area contributed by atoms with Crippen molar-refractivity contribution in [3.63, 3.8) is 0 Å². The summed E-state index contributed by atoms with van der Waals surface area (Å²) in [7, 11) is 1.66. The van der Waals surface area contributed by atoms with Crippen molar-refractivity contribution in [2.24, 2.45) is 5.92 Å². The number of aliphatic hydroxyl groups excluding tert-OH is 1. The topological polar surface area (TPSA) is 38.7 Å². The van der Waals surface area contributed by atoms with Gasteiger partial charge in [0.15, 0.2) is 0 Å². The summed E-state index contributed by atoms with van der Waals surface area (Å²) >= 11 is 0. The summed E-state index contributed by atoms with van der Waals surface area (Å²) in [5.74, 6) is 1.42. The number of ether oxygens (including phenoxy) is 2. The highest BCUT2D eigenvalue weighted by atomic mass is 16.5. The smallest absolute Gasteiger partial charge is 0.122 e. The van der Waals surface area contributed by atoms with E-state index >= 15 is 0 Å². The molecule has 0 bridgehead atoms. The van der Waals surface area contributed by atoms with Gasteiger partial charge in [-0.15, -0.1) is 0 Å². The van der Waals surface area contributed by atoms with Gasteiger partial charge in [-0.1, -0.05) is 12.1 Å². The van der Waals surface area contributed by atoms with E-state index in [2.05, 4.69) is 0 Å². The molecule has 0 saturated carbocycles. The van der Waals surface area contributed by atoms with Crippen LogP contribution in [0.15, 0.2) is 18.2 Å². The Morgan fingerprint density at radius 3 is 2.78 bits per heavy atom. The Morgan fingerprint density at radius 2 is 2.11 bits per heavy atom. The van der Waals surface area contributed by atoms with E-state index in [0.29, 0.717) is 5.92 Å². The van der Waals surface area contributed by atoms with Crippen LogP contribution in [0.25, 0.3) is 0 Å². The fourth-order valence-electron chi connectivity index (χ4n) is 2.48. The average Bonchev–Trinajstić information content (AvgIpc) is 2.40. The van der Waals surface area contributed by atoms with Crippen molar-refractivity contribution < 1.29 is 14.6 Å². The Hall–Kier alpha value is -1.06. The van der Waals surface area contributed by atoms with Gasteiger partial charge in [-0.3, -0.25) is 0 Å². The van der Waals surface area contributed by atoms with Crippen LogP contribution < -0.4 is 4.74 Å². The average molecular weight is 250 g/mol. The molecule has 0 radical (unpaired) electrons. The molecule has 18 heavy (non-hydrogen) atoms. The van der Waals surface area contributed by atoms with E-state index in [1.807, 2.05) is 25.1 Å². The lowest BCUT2D eigenvalue weighted by atomic mass is 9.91. The minimum Gasteiger partial charge on any atom is -0.496 e. The molecule has 1 N–H and O–H groups in total. The largest absolute Gasteiger partial charge is 0.496 e. The van der Waals surface area contributed by atoms with Gasteiger partial charge in [0.25, 0.3) is 0 Å². The number of benzene rings is 1. The number of hydrogen-bond donors (Lipinski definition) is 1. The minimum atomic E-state index is -0.400. The Morgan fingerprint density at radius 1 is 1.39 bits per heavy atom. The number of aliphatic hydroxyl groups is 1. The maximum absolute atomic E-state index is 10.3. The summed E-state index contributed by atoms with van der Waals surface area (Å²) in [6, 6.07) is 5.93.